The molecule has 5 heteroatoms. The van der Waals surface area contributed by atoms with Crippen molar-refractivity contribution in [2.75, 3.05) is 31.1 Å². The summed E-state index contributed by atoms with van der Waals surface area (Å²) in [6.45, 7) is 5.15. The van der Waals surface area contributed by atoms with E-state index >= 15 is 0 Å². The number of hydrogen-bond donors (Lipinski definition) is 1. The van der Waals surface area contributed by atoms with Gasteiger partial charge in [0.15, 0.2) is 5.82 Å². The lowest BCUT2D eigenvalue weighted by molar-refractivity contribution is 0.260. The number of nitrogens with two attached hydrogens (primary N) is 1. The maximum atomic E-state index is 5.74. The summed E-state index contributed by atoms with van der Waals surface area (Å²) in [6, 6.07) is 0.695. The van der Waals surface area contributed by atoms with Gasteiger partial charge in [0.05, 0.1) is 5.69 Å². The normalized spacial score (nSPS) is 24.9. The van der Waals surface area contributed by atoms with Gasteiger partial charge in [-0.05, 0) is 32.4 Å². The van der Waals surface area contributed by atoms with Gasteiger partial charge in [0, 0.05) is 38.1 Å². The minimum Gasteiger partial charge on any atom is -0.353 e. The Morgan fingerprint density at radius 3 is 2.72 bits per heavy atom. The predicted octanol–water partition coefficient (Wildman–Crippen LogP) is 0.610. The Morgan fingerprint density at radius 2 is 1.94 bits per heavy atom. The highest BCUT2D eigenvalue weighted by Gasteiger charge is 2.30. The maximum absolute atomic E-state index is 5.74. The minimum atomic E-state index is 0.466. The van der Waals surface area contributed by atoms with E-state index in [0.717, 1.165) is 24.6 Å². The molecular weight excluding hydrogens is 226 g/mol. The first-order valence-corrected chi connectivity index (χ1v) is 6.87. The van der Waals surface area contributed by atoms with Crippen LogP contribution in [0.5, 0.6) is 0 Å². The summed E-state index contributed by atoms with van der Waals surface area (Å²) in [5.74, 6) is 0.988. The van der Waals surface area contributed by atoms with Crippen molar-refractivity contribution in [1.82, 2.24) is 14.9 Å². The number of anilines is 1. The van der Waals surface area contributed by atoms with E-state index in [1.165, 1.54) is 32.4 Å². The second-order valence-electron chi connectivity index (χ2n) is 5.16. The standard InChI is InChI=1S/C13H21N5/c14-9-12-13(16-5-4-15-12)18-8-3-11(10-18)17-6-1-2-7-17/h4-5,11H,1-3,6-10,14H2. The Morgan fingerprint density at radius 1 is 1.17 bits per heavy atom. The number of rotatable bonds is 3. The molecule has 2 fully saturated rings. The van der Waals surface area contributed by atoms with E-state index in [2.05, 4.69) is 19.8 Å². The summed E-state index contributed by atoms with van der Waals surface area (Å²) < 4.78 is 0. The molecule has 5 nitrogen and oxygen atoms in total. The van der Waals surface area contributed by atoms with Gasteiger partial charge in [0.25, 0.3) is 0 Å². The molecule has 2 saturated heterocycles. The first kappa shape index (κ1) is 11.9. The molecule has 1 unspecified atom stereocenters. The zero-order chi connectivity index (χ0) is 12.4. The van der Waals surface area contributed by atoms with Gasteiger partial charge in [0.1, 0.15) is 0 Å². The second kappa shape index (κ2) is 5.20. The van der Waals surface area contributed by atoms with Crippen molar-refractivity contribution >= 4 is 5.82 Å². The molecule has 1 aromatic rings. The monoisotopic (exact) mass is 247 g/mol. The van der Waals surface area contributed by atoms with Crippen LogP contribution in [0.4, 0.5) is 5.82 Å². The molecular formula is C13H21N5. The second-order valence-corrected chi connectivity index (χ2v) is 5.16. The van der Waals surface area contributed by atoms with Crippen LogP contribution in [0.25, 0.3) is 0 Å². The Bertz CT molecular complexity index is 402. The van der Waals surface area contributed by atoms with Gasteiger partial charge < -0.3 is 10.6 Å². The largest absolute Gasteiger partial charge is 0.353 e. The Labute approximate surface area is 108 Å². The van der Waals surface area contributed by atoms with Crippen molar-refractivity contribution in [3.63, 3.8) is 0 Å². The molecule has 0 bridgehead atoms. The smallest absolute Gasteiger partial charge is 0.151 e. The lowest BCUT2D eigenvalue weighted by atomic mass is 10.2. The van der Waals surface area contributed by atoms with Gasteiger partial charge in [-0.3, -0.25) is 9.88 Å². The summed E-state index contributed by atoms with van der Waals surface area (Å²) in [4.78, 5) is 13.7. The van der Waals surface area contributed by atoms with Crippen molar-refractivity contribution in [3.8, 4) is 0 Å². The molecule has 3 rings (SSSR count). The molecule has 0 aliphatic carbocycles. The lowest BCUT2D eigenvalue weighted by Crippen LogP contribution is -2.35. The van der Waals surface area contributed by atoms with E-state index in [1.54, 1.807) is 12.4 Å². The van der Waals surface area contributed by atoms with E-state index in [1.807, 2.05) is 0 Å². The number of likely N-dealkylation sites (tertiary alicyclic amines) is 1. The first-order chi connectivity index (χ1) is 8.88. The van der Waals surface area contributed by atoms with Gasteiger partial charge in [-0.25, -0.2) is 4.98 Å². The van der Waals surface area contributed by atoms with E-state index in [0.29, 0.717) is 12.6 Å². The van der Waals surface area contributed by atoms with Gasteiger partial charge in [-0.1, -0.05) is 0 Å². The van der Waals surface area contributed by atoms with Crippen molar-refractivity contribution in [2.45, 2.75) is 31.8 Å². The average Bonchev–Trinajstić information content (AvgIpc) is 3.09. The van der Waals surface area contributed by atoms with Gasteiger partial charge in [-0.15, -0.1) is 0 Å². The first-order valence-electron chi connectivity index (χ1n) is 6.87. The molecule has 1 atom stereocenters. The molecule has 0 spiro atoms. The summed E-state index contributed by atoms with van der Waals surface area (Å²) in [5, 5.41) is 0. The molecule has 0 aromatic carbocycles. The van der Waals surface area contributed by atoms with Crippen LogP contribution in [-0.2, 0) is 6.54 Å². The van der Waals surface area contributed by atoms with Crippen molar-refractivity contribution in [1.29, 1.82) is 0 Å². The molecule has 2 N–H and O–H groups in total. The van der Waals surface area contributed by atoms with Crippen LogP contribution in [0.1, 0.15) is 25.0 Å². The molecule has 2 aliphatic heterocycles. The Kier molecular flexibility index (Phi) is 3.43. The Balaban J connectivity index is 1.71. The number of aromatic nitrogens is 2. The van der Waals surface area contributed by atoms with Crippen LogP contribution in [0.2, 0.25) is 0 Å². The zero-order valence-corrected chi connectivity index (χ0v) is 10.8. The fourth-order valence-corrected chi connectivity index (χ4v) is 3.11. The summed E-state index contributed by atoms with van der Waals surface area (Å²) >= 11 is 0. The predicted molar refractivity (Wildman–Crippen MR) is 71.3 cm³/mol. The topological polar surface area (TPSA) is 58.3 Å². The third-order valence-electron chi connectivity index (χ3n) is 4.07. The molecule has 18 heavy (non-hydrogen) atoms. The van der Waals surface area contributed by atoms with E-state index < -0.39 is 0 Å². The fourth-order valence-electron chi connectivity index (χ4n) is 3.11. The molecule has 0 radical (unpaired) electrons. The van der Waals surface area contributed by atoms with Crippen molar-refractivity contribution in [2.24, 2.45) is 5.73 Å². The molecule has 2 aliphatic rings. The van der Waals surface area contributed by atoms with Crippen LogP contribution >= 0.6 is 0 Å². The maximum Gasteiger partial charge on any atom is 0.151 e. The van der Waals surface area contributed by atoms with Crippen molar-refractivity contribution < 1.29 is 0 Å². The van der Waals surface area contributed by atoms with Crippen LogP contribution in [0, 0.1) is 0 Å². The van der Waals surface area contributed by atoms with E-state index in [4.69, 9.17) is 5.73 Å². The van der Waals surface area contributed by atoms with Gasteiger partial charge >= 0.3 is 0 Å². The fraction of sp³-hybridized carbons (Fsp3) is 0.692. The molecule has 0 saturated carbocycles. The SMILES string of the molecule is NCc1nccnc1N1CCC(N2CCCC2)C1. The molecule has 1 aromatic heterocycles. The van der Waals surface area contributed by atoms with Crippen LogP contribution in [0.3, 0.4) is 0 Å². The lowest BCUT2D eigenvalue weighted by Gasteiger charge is -2.24. The van der Waals surface area contributed by atoms with Crippen LogP contribution in [0.15, 0.2) is 12.4 Å². The van der Waals surface area contributed by atoms with Crippen LogP contribution < -0.4 is 10.6 Å². The summed E-state index contributed by atoms with van der Waals surface area (Å²) in [6.07, 6.45) is 7.43. The quantitative estimate of drug-likeness (QED) is 0.848. The average molecular weight is 247 g/mol. The van der Waals surface area contributed by atoms with E-state index in [-0.39, 0.29) is 0 Å². The highest BCUT2D eigenvalue weighted by molar-refractivity contribution is 5.44. The number of hydrogen-bond acceptors (Lipinski definition) is 5. The van der Waals surface area contributed by atoms with E-state index in [9.17, 15) is 0 Å². The van der Waals surface area contributed by atoms with Gasteiger partial charge in [-0.2, -0.15) is 0 Å². The molecule has 0 amide bonds. The third-order valence-corrected chi connectivity index (χ3v) is 4.07. The summed E-state index contributed by atoms with van der Waals surface area (Å²) in [7, 11) is 0. The molecule has 3 heterocycles. The van der Waals surface area contributed by atoms with Crippen LogP contribution in [-0.4, -0.2) is 47.1 Å². The van der Waals surface area contributed by atoms with Gasteiger partial charge in [0.2, 0.25) is 0 Å². The zero-order valence-electron chi connectivity index (χ0n) is 10.8. The minimum absolute atomic E-state index is 0.466. The Hall–Kier alpha value is -1.20. The summed E-state index contributed by atoms with van der Waals surface area (Å²) in [5.41, 5.74) is 6.65. The number of nitrogens with zero attached hydrogens (tertiary/aromatic N) is 4. The van der Waals surface area contributed by atoms with Crippen molar-refractivity contribution in [3.05, 3.63) is 18.1 Å². The highest BCUT2D eigenvalue weighted by Crippen LogP contribution is 2.25. The molecule has 98 valence electrons. The third kappa shape index (κ3) is 2.20. The highest BCUT2D eigenvalue weighted by atomic mass is 15.3.